The Morgan fingerprint density at radius 3 is 2.52 bits per heavy atom. The van der Waals surface area contributed by atoms with Crippen molar-refractivity contribution in [2.75, 3.05) is 18.5 Å². The molecule has 1 amide bonds. The van der Waals surface area contributed by atoms with E-state index in [0.717, 1.165) is 5.56 Å². The first-order valence-electron chi connectivity index (χ1n) is 8.11. The number of carbonyl (C=O) groups excluding carboxylic acids is 2. The predicted octanol–water partition coefficient (Wildman–Crippen LogP) is 3.64. The molecule has 0 spiro atoms. The van der Waals surface area contributed by atoms with Crippen LogP contribution < -0.4 is 10.6 Å². The van der Waals surface area contributed by atoms with Gasteiger partial charge in [-0.1, -0.05) is 35.9 Å². The number of carbonyl (C=O) groups is 2. The molecule has 0 unspecified atom stereocenters. The maximum Gasteiger partial charge on any atom is 0.340 e. The Morgan fingerprint density at radius 1 is 1.08 bits per heavy atom. The van der Waals surface area contributed by atoms with Gasteiger partial charge in [0, 0.05) is 30.2 Å². The first-order chi connectivity index (χ1) is 12.1. The maximum atomic E-state index is 11.9. The molecular weight excluding hydrogens is 340 g/mol. The molecule has 0 aliphatic rings. The summed E-state index contributed by atoms with van der Waals surface area (Å²) in [4.78, 5) is 23.8. The van der Waals surface area contributed by atoms with Crippen LogP contribution in [0.4, 0.5) is 5.69 Å². The molecule has 0 saturated carbocycles. The summed E-state index contributed by atoms with van der Waals surface area (Å²) in [6, 6.07) is 14.4. The fraction of sp³-hybridized carbons (Fsp3) is 0.263. The Morgan fingerprint density at radius 2 is 1.80 bits per heavy atom. The minimum atomic E-state index is -0.377. The minimum Gasteiger partial charge on any atom is -0.462 e. The Labute approximate surface area is 152 Å². The second-order valence-electron chi connectivity index (χ2n) is 5.35. The van der Waals surface area contributed by atoms with Gasteiger partial charge in [0.05, 0.1) is 12.2 Å². The molecular formula is C19H21ClN2O3. The molecule has 0 bridgehead atoms. The van der Waals surface area contributed by atoms with E-state index in [0.29, 0.717) is 42.4 Å². The highest BCUT2D eigenvalue weighted by atomic mass is 35.5. The Balaban J connectivity index is 1.79. The van der Waals surface area contributed by atoms with Crippen LogP contribution in [0, 0.1) is 0 Å². The number of nitrogens with one attached hydrogen (secondary N) is 2. The Kier molecular flexibility index (Phi) is 7.29. The second-order valence-corrected chi connectivity index (χ2v) is 5.78. The van der Waals surface area contributed by atoms with Crippen molar-refractivity contribution in [3.8, 4) is 0 Å². The third kappa shape index (κ3) is 6.12. The Bertz CT molecular complexity index is 717. The zero-order valence-corrected chi connectivity index (χ0v) is 14.8. The van der Waals surface area contributed by atoms with Crippen molar-refractivity contribution < 1.29 is 14.3 Å². The van der Waals surface area contributed by atoms with Gasteiger partial charge in [0.25, 0.3) is 0 Å². The normalized spacial score (nSPS) is 10.2. The van der Waals surface area contributed by atoms with E-state index in [-0.39, 0.29) is 11.9 Å². The Hall–Kier alpha value is -2.53. The molecule has 6 heteroatoms. The van der Waals surface area contributed by atoms with E-state index in [9.17, 15) is 9.59 Å². The van der Waals surface area contributed by atoms with Crippen LogP contribution in [0.1, 0.15) is 29.3 Å². The molecule has 0 aliphatic carbocycles. The number of para-hydroxylation sites is 1. The molecule has 2 N–H and O–H groups in total. The van der Waals surface area contributed by atoms with Gasteiger partial charge in [-0.25, -0.2) is 4.79 Å². The van der Waals surface area contributed by atoms with E-state index in [1.165, 1.54) is 0 Å². The molecule has 0 saturated heterocycles. The number of halogens is 1. The van der Waals surface area contributed by atoms with Crippen molar-refractivity contribution >= 4 is 29.2 Å². The predicted molar refractivity (Wildman–Crippen MR) is 98.8 cm³/mol. The SMILES string of the molecule is CCOC(=O)c1ccccc1NCCC(=O)NCc1ccc(Cl)cc1. The van der Waals surface area contributed by atoms with Crippen molar-refractivity contribution in [2.45, 2.75) is 19.9 Å². The van der Waals surface area contributed by atoms with Crippen LogP contribution in [0.3, 0.4) is 0 Å². The highest BCUT2D eigenvalue weighted by Crippen LogP contribution is 2.16. The lowest BCUT2D eigenvalue weighted by atomic mass is 10.1. The number of benzene rings is 2. The number of hydrogen-bond acceptors (Lipinski definition) is 4. The van der Waals surface area contributed by atoms with E-state index in [2.05, 4.69) is 10.6 Å². The highest BCUT2D eigenvalue weighted by molar-refractivity contribution is 6.30. The van der Waals surface area contributed by atoms with Crippen molar-refractivity contribution in [3.63, 3.8) is 0 Å². The van der Waals surface area contributed by atoms with E-state index in [4.69, 9.17) is 16.3 Å². The van der Waals surface area contributed by atoms with Gasteiger partial charge < -0.3 is 15.4 Å². The molecule has 0 atom stereocenters. The summed E-state index contributed by atoms with van der Waals surface area (Å²) >= 11 is 5.83. The first kappa shape index (κ1) is 18.8. The molecule has 2 rings (SSSR count). The summed E-state index contributed by atoms with van der Waals surface area (Å²) < 4.78 is 5.02. The van der Waals surface area contributed by atoms with E-state index in [1.54, 1.807) is 37.3 Å². The number of amides is 1. The summed E-state index contributed by atoms with van der Waals surface area (Å²) in [6.07, 6.45) is 0.296. The molecule has 0 fully saturated rings. The topological polar surface area (TPSA) is 67.4 Å². The third-order valence-corrected chi connectivity index (χ3v) is 3.74. The quantitative estimate of drug-likeness (QED) is 0.705. The average Bonchev–Trinajstić information content (AvgIpc) is 2.62. The lowest BCUT2D eigenvalue weighted by Gasteiger charge is -2.11. The molecule has 25 heavy (non-hydrogen) atoms. The first-order valence-corrected chi connectivity index (χ1v) is 8.49. The molecule has 5 nitrogen and oxygen atoms in total. The molecule has 0 heterocycles. The van der Waals surface area contributed by atoms with Crippen LogP contribution in [-0.2, 0) is 16.1 Å². The minimum absolute atomic E-state index is 0.0731. The van der Waals surface area contributed by atoms with Crippen LogP contribution in [0.2, 0.25) is 5.02 Å². The van der Waals surface area contributed by atoms with Crippen LogP contribution in [-0.4, -0.2) is 25.0 Å². The van der Waals surface area contributed by atoms with E-state index in [1.807, 2.05) is 18.2 Å². The van der Waals surface area contributed by atoms with Gasteiger partial charge in [0.1, 0.15) is 0 Å². The van der Waals surface area contributed by atoms with Gasteiger partial charge >= 0.3 is 5.97 Å². The van der Waals surface area contributed by atoms with Gasteiger partial charge in [-0.05, 0) is 36.8 Å². The third-order valence-electron chi connectivity index (χ3n) is 3.49. The van der Waals surface area contributed by atoms with Crippen molar-refractivity contribution in [1.29, 1.82) is 0 Å². The van der Waals surface area contributed by atoms with Crippen LogP contribution in [0.15, 0.2) is 48.5 Å². The van der Waals surface area contributed by atoms with Crippen LogP contribution in [0.5, 0.6) is 0 Å². The highest BCUT2D eigenvalue weighted by Gasteiger charge is 2.11. The van der Waals surface area contributed by atoms with Crippen molar-refractivity contribution in [2.24, 2.45) is 0 Å². The molecule has 2 aromatic carbocycles. The molecule has 0 aliphatic heterocycles. The van der Waals surface area contributed by atoms with Crippen LogP contribution in [0.25, 0.3) is 0 Å². The van der Waals surface area contributed by atoms with Gasteiger partial charge in [0.2, 0.25) is 5.91 Å². The number of anilines is 1. The van der Waals surface area contributed by atoms with Gasteiger partial charge in [-0.2, -0.15) is 0 Å². The summed E-state index contributed by atoms with van der Waals surface area (Å²) in [5.74, 6) is -0.450. The van der Waals surface area contributed by atoms with E-state index < -0.39 is 0 Å². The number of esters is 1. The molecule has 0 aromatic heterocycles. The van der Waals surface area contributed by atoms with Gasteiger partial charge in [0.15, 0.2) is 0 Å². The summed E-state index contributed by atoms with van der Waals surface area (Å²) in [7, 11) is 0. The monoisotopic (exact) mass is 360 g/mol. The fourth-order valence-corrected chi connectivity index (χ4v) is 2.35. The van der Waals surface area contributed by atoms with Crippen molar-refractivity contribution in [3.05, 3.63) is 64.7 Å². The number of ether oxygens (including phenoxy) is 1. The standard InChI is InChI=1S/C19H21ClN2O3/c1-2-25-19(24)16-5-3-4-6-17(16)21-12-11-18(23)22-13-14-7-9-15(20)10-8-14/h3-10,21H,2,11-13H2,1H3,(H,22,23). The lowest BCUT2D eigenvalue weighted by Crippen LogP contribution is -2.25. The van der Waals surface area contributed by atoms with Gasteiger partial charge in [-0.3, -0.25) is 4.79 Å². The lowest BCUT2D eigenvalue weighted by molar-refractivity contribution is -0.121. The summed E-state index contributed by atoms with van der Waals surface area (Å²) in [5, 5.41) is 6.62. The largest absolute Gasteiger partial charge is 0.462 e. The summed E-state index contributed by atoms with van der Waals surface area (Å²) in [5.41, 5.74) is 2.11. The maximum absolute atomic E-state index is 11.9. The van der Waals surface area contributed by atoms with Crippen molar-refractivity contribution in [1.82, 2.24) is 5.32 Å². The van der Waals surface area contributed by atoms with Crippen LogP contribution >= 0.6 is 11.6 Å². The second kappa shape index (κ2) is 9.69. The molecule has 0 radical (unpaired) electrons. The number of hydrogen-bond donors (Lipinski definition) is 2. The van der Waals surface area contributed by atoms with E-state index >= 15 is 0 Å². The molecule has 2 aromatic rings. The average molecular weight is 361 g/mol. The molecule has 132 valence electrons. The fourth-order valence-electron chi connectivity index (χ4n) is 2.23. The smallest absolute Gasteiger partial charge is 0.340 e. The van der Waals surface area contributed by atoms with Gasteiger partial charge in [-0.15, -0.1) is 0 Å². The zero-order valence-electron chi connectivity index (χ0n) is 14.0. The number of rotatable bonds is 8. The zero-order chi connectivity index (χ0) is 18.1. The summed E-state index contributed by atoms with van der Waals surface area (Å²) in [6.45, 7) is 2.96.